The molecule has 1 aromatic rings. The lowest BCUT2D eigenvalue weighted by atomic mass is 9.94. The Balaban J connectivity index is 1.85. The van der Waals surface area contributed by atoms with Crippen molar-refractivity contribution in [3.05, 3.63) is 29.6 Å². The average molecular weight is 273 g/mol. The van der Waals surface area contributed by atoms with Gasteiger partial charge in [-0.25, -0.2) is 4.39 Å². The van der Waals surface area contributed by atoms with E-state index >= 15 is 0 Å². The molecule has 1 saturated carbocycles. The van der Waals surface area contributed by atoms with Gasteiger partial charge in [-0.15, -0.1) is 0 Å². The van der Waals surface area contributed by atoms with E-state index in [1.807, 2.05) is 13.0 Å². The maximum atomic E-state index is 13.5. The Morgan fingerprint density at radius 2 is 2.30 bits per heavy atom. The summed E-state index contributed by atoms with van der Waals surface area (Å²) < 4.78 is 13.5. The molecule has 2 aliphatic rings. The Bertz CT molecular complexity index is 547. The normalized spacial score (nSPS) is 20.4. The van der Waals surface area contributed by atoms with E-state index in [9.17, 15) is 9.65 Å². The third kappa shape index (κ3) is 2.27. The molecule has 0 spiro atoms. The number of nitrogens with one attached hydrogen (secondary N) is 1. The molecule has 106 valence electrons. The summed E-state index contributed by atoms with van der Waals surface area (Å²) >= 11 is 0. The molecule has 3 rings (SSSR count). The van der Waals surface area contributed by atoms with Gasteiger partial charge in [0, 0.05) is 18.8 Å². The second kappa shape index (κ2) is 5.06. The predicted molar refractivity (Wildman–Crippen MR) is 77.1 cm³/mol. The Morgan fingerprint density at radius 3 is 2.95 bits per heavy atom. The van der Waals surface area contributed by atoms with Crippen molar-refractivity contribution >= 4 is 5.69 Å². The van der Waals surface area contributed by atoms with E-state index in [2.05, 4.69) is 16.3 Å². The average Bonchev–Trinajstić information content (AvgIpc) is 3.23. The van der Waals surface area contributed by atoms with Crippen LogP contribution in [-0.4, -0.2) is 25.2 Å². The standard InChI is InChI=1S/C16H20FN3/c1-2-19-16(10-18,13-4-5-13)11-20-8-7-12-3-6-14(17)9-15(12)20/h3,6,9,13,19H,2,4-5,7-8,11H2,1H3. The van der Waals surface area contributed by atoms with Crippen molar-refractivity contribution in [2.75, 3.05) is 24.5 Å². The van der Waals surface area contributed by atoms with Crippen molar-refractivity contribution in [3.8, 4) is 6.07 Å². The SMILES string of the molecule is CCNC(C#N)(CN1CCc2ccc(F)cc21)C1CC1. The van der Waals surface area contributed by atoms with Crippen LogP contribution in [0.2, 0.25) is 0 Å². The van der Waals surface area contributed by atoms with Gasteiger partial charge in [0.1, 0.15) is 11.4 Å². The van der Waals surface area contributed by atoms with Crippen molar-refractivity contribution in [2.45, 2.75) is 31.7 Å². The first-order chi connectivity index (χ1) is 9.68. The smallest absolute Gasteiger partial charge is 0.127 e. The van der Waals surface area contributed by atoms with E-state index < -0.39 is 5.54 Å². The summed E-state index contributed by atoms with van der Waals surface area (Å²) in [6.45, 7) is 4.35. The highest BCUT2D eigenvalue weighted by atomic mass is 19.1. The zero-order valence-corrected chi connectivity index (χ0v) is 11.8. The lowest BCUT2D eigenvalue weighted by Crippen LogP contribution is -2.54. The minimum absolute atomic E-state index is 0.201. The van der Waals surface area contributed by atoms with Crippen LogP contribution in [-0.2, 0) is 6.42 Å². The molecule has 0 radical (unpaired) electrons. The van der Waals surface area contributed by atoms with Crippen molar-refractivity contribution in [3.63, 3.8) is 0 Å². The van der Waals surface area contributed by atoms with Gasteiger partial charge in [0.15, 0.2) is 0 Å². The van der Waals surface area contributed by atoms with E-state index in [4.69, 9.17) is 0 Å². The fraction of sp³-hybridized carbons (Fsp3) is 0.562. The molecule has 1 unspecified atom stereocenters. The highest BCUT2D eigenvalue weighted by molar-refractivity contribution is 5.58. The summed E-state index contributed by atoms with van der Waals surface area (Å²) in [5, 5.41) is 13.1. The topological polar surface area (TPSA) is 39.1 Å². The summed E-state index contributed by atoms with van der Waals surface area (Å²) in [7, 11) is 0. The zero-order valence-electron chi connectivity index (χ0n) is 11.8. The van der Waals surface area contributed by atoms with Crippen LogP contribution < -0.4 is 10.2 Å². The van der Waals surface area contributed by atoms with Gasteiger partial charge in [-0.3, -0.25) is 5.32 Å². The first-order valence-electron chi connectivity index (χ1n) is 7.38. The van der Waals surface area contributed by atoms with Gasteiger partial charge in [-0.1, -0.05) is 13.0 Å². The van der Waals surface area contributed by atoms with Crippen LogP contribution in [0.4, 0.5) is 10.1 Å². The number of benzene rings is 1. The second-order valence-corrected chi connectivity index (χ2v) is 5.83. The van der Waals surface area contributed by atoms with E-state index in [0.717, 1.165) is 38.0 Å². The Labute approximate surface area is 119 Å². The van der Waals surface area contributed by atoms with Gasteiger partial charge < -0.3 is 4.90 Å². The first-order valence-corrected chi connectivity index (χ1v) is 7.38. The third-order valence-electron chi connectivity index (χ3n) is 4.45. The molecule has 1 heterocycles. The van der Waals surface area contributed by atoms with Crippen LogP contribution in [0.15, 0.2) is 18.2 Å². The Hall–Kier alpha value is -1.60. The van der Waals surface area contributed by atoms with Gasteiger partial charge in [0.2, 0.25) is 0 Å². The highest BCUT2D eigenvalue weighted by Crippen LogP contribution is 2.41. The van der Waals surface area contributed by atoms with Gasteiger partial charge in [-0.2, -0.15) is 5.26 Å². The lowest BCUT2D eigenvalue weighted by molar-refractivity contribution is 0.374. The third-order valence-corrected chi connectivity index (χ3v) is 4.45. The highest BCUT2D eigenvalue weighted by Gasteiger charge is 2.46. The fourth-order valence-electron chi connectivity index (χ4n) is 3.27. The number of fused-ring (bicyclic) bond motifs is 1. The number of nitrogens with zero attached hydrogens (tertiary/aromatic N) is 2. The number of likely N-dealkylation sites (N-methyl/N-ethyl adjacent to an activating group) is 1. The Morgan fingerprint density at radius 1 is 1.50 bits per heavy atom. The van der Waals surface area contributed by atoms with Gasteiger partial charge >= 0.3 is 0 Å². The number of hydrogen-bond acceptors (Lipinski definition) is 3. The number of nitriles is 1. The molecule has 1 aliphatic heterocycles. The van der Waals surface area contributed by atoms with Crippen molar-refractivity contribution in [1.29, 1.82) is 5.26 Å². The summed E-state index contributed by atoms with van der Waals surface area (Å²) in [6, 6.07) is 7.49. The van der Waals surface area contributed by atoms with E-state index in [1.54, 1.807) is 6.07 Å². The van der Waals surface area contributed by atoms with E-state index in [0.29, 0.717) is 12.5 Å². The molecule has 1 aromatic carbocycles. The molecule has 3 nitrogen and oxygen atoms in total. The fourth-order valence-corrected chi connectivity index (χ4v) is 3.27. The van der Waals surface area contributed by atoms with Crippen molar-refractivity contribution in [2.24, 2.45) is 5.92 Å². The molecule has 4 heteroatoms. The molecule has 0 aromatic heterocycles. The van der Waals surface area contributed by atoms with E-state index in [1.165, 1.54) is 11.6 Å². The summed E-state index contributed by atoms with van der Waals surface area (Å²) in [5.74, 6) is 0.234. The number of anilines is 1. The largest absolute Gasteiger partial charge is 0.368 e. The maximum absolute atomic E-state index is 13.5. The minimum Gasteiger partial charge on any atom is -0.368 e. The van der Waals surface area contributed by atoms with Crippen LogP contribution >= 0.6 is 0 Å². The minimum atomic E-state index is -0.483. The van der Waals surface area contributed by atoms with Gasteiger partial charge in [0.05, 0.1) is 6.07 Å². The molecule has 1 aliphatic carbocycles. The quantitative estimate of drug-likeness (QED) is 0.895. The predicted octanol–water partition coefficient (Wildman–Crippen LogP) is 2.47. The van der Waals surface area contributed by atoms with Crippen LogP contribution in [0.3, 0.4) is 0 Å². The number of rotatable bonds is 5. The lowest BCUT2D eigenvalue weighted by Gasteiger charge is -2.33. The van der Waals surface area contributed by atoms with E-state index in [-0.39, 0.29) is 5.82 Å². The summed E-state index contributed by atoms with van der Waals surface area (Å²) in [4.78, 5) is 2.17. The molecule has 20 heavy (non-hydrogen) atoms. The molecular weight excluding hydrogens is 253 g/mol. The molecule has 0 saturated heterocycles. The summed E-state index contributed by atoms with van der Waals surface area (Å²) in [5.41, 5.74) is 1.66. The zero-order chi connectivity index (χ0) is 14.2. The molecule has 1 N–H and O–H groups in total. The van der Waals surface area contributed by atoms with Crippen LogP contribution in [0.1, 0.15) is 25.3 Å². The molecule has 0 amide bonds. The van der Waals surface area contributed by atoms with Crippen molar-refractivity contribution < 1.29 is 4.39 Å². The van der Waals surface area contributed by atoms with Crippen LogP contribution in [0.5, 0.6) is 0 Å². The van der Waals surface area contributed by atoms with Crippen molar-refractivity contribution in [1.82, 2.24) is 5.32 Å². The number of hydrogen-bond donors (Lipinski definition) is 1. The van der Waals surface area contributed by atoms with Crippen LogP contribution in [0, 0.1) is 23.1 Å². The second-order valence-electron chi connectivity index (χ2n) is 5.83. The molecule has 0 bridgehead atoms. The number of halogens is 1. The first kappa shape index (κ1) is 13.4. The summed E-state index contributed by atoms with van der Waals surface area (Å²) in [6.07, 6.45) is 3.17. The Kier molecular flexibility index (Phi) is 3.39. The van der Waals surface area contributed by atoms with Gasteiger partial charge in [0.25, 0.3) is 0 Å². The van der Waals surface area contributed by atoms with Gasteiger partial charge in [-0.05, 0) is 49.4 Å². The van der Waals surface area contributed by atoms with Crippen LogP contribution in [0.25, 0.3) is 0 Å². The maximum Gasteiger partial charge on any atom is 0.127 e. The molecule has 1 atom stereocenters. The monoisotopic (exact) mass is 273 g/mol. The molecule has 1 fully saturated rings. The molecular formula is C16H20FN3.